The molecule has 0 saturated carbocycles. The molecule has 3 aromatic rings. The molecule has 0 radical (unpaired) electrons. The van der Waals surface area contributed by atoms with Crippen LogP contribution in [-0.4, -0.2) is 27.9 Å². The van der Waals surface area contributed by atoms with Crippen molar-refractivity contribution < 1.29 is 10.5 Å². The molecule has 0 bridgehead atoms. The smallest absolute Gasteiger partial charge is 0.166 e. The second-order valence-corrected chi connectivity index (χ2v) is 7.90. The van der Waals surface area contributed by atoms with Crippen LogP contribution in [0, 0.1) is 5.82 Å². The van der Waals surface area contributed by atoms with Crippen LogP contribution in [0.4, 0.5) is 10.2 Å². The Morgan fingerprint density at radius 1 is 1.30 bits per heavy atom. The van der Waals surface area contributed by atoms with E-state index in [1.807, 2.05) is 6.20 Å². The number of halogens is 3. The van der Waals surface area contributed by atoms with Gasteiger partial charge in [0.25, 0.3) is 0 Å². The van der Waals surface area contributed by atoms with Crippen molar-refractivity contribution in [1.29, 1.82) is 0 Å². The van der Waals surface area contributed by atoms with E-state index >= 15 is 0 Å². The lowest BCUT2D eigenvalue weighted by molar-refractivity contribution is 0.227. The summed E-state index contributed by atoms with van der Waals surface area (Å²) in [6, 6.07) is 3.60. The van der Waals surface area contributed by atoms with Crippen molar-refractivity contribution in [2.24, 2.45) is 0 Å². The first-order valence-electron chi connectivity index (χ1n) is 10.1. The van der Waals surface area contributed by atoms with Gasteiger partial charge in [-0.25, -0.2) is 9.37 Å². The summed E-state index contributed by atoms with van der Waals surface area (Å²) in [5.41, 5.74) is 7.87. The zero-order valence-corrected chi connectivity index (χ0v) is 17.8. The van der Waals surface area contributed by atoms with Crippen molar-refractivity contribution in [3.05, 3.63) is 58.2 Å². The summed E-state index contributed by atoms with van der Waals surface area (Å²) in [6.07, 6.45) is 5.83. The Bertz CT molecular complexity index is 1100. The molecule has 1 aliphatic rings. The Morgan fingerprint density at radius 2 is 2.07 bits per heavy atom. The van der Waals surface area contributed by atoms with Crippen LogP contribution in [0.3, 0.4) is 0 Å². The first-order chi connectivity index (χ1) is 14.8. The summed E-state index contributed by atoms with van der Waals surface area (Å²) in [6.45, 7) is 3.27. The van der Waals surface area contributed by atoms with Gasteiger partial charge in [-0.15, -0.1) is 0 Å². The van der Waals surface area contributed by atoms with Gasteiger partial charge in [0.2, 0.25) is 0 Å². The molecule has 6 nitrogen and oxygen atoms in total. The zero-order chi connectivity index (χ0) is 22.2. The zero-order valence-electron chi connectivity index (χ0n) is 17.3. The van der Waals surface area contributed by atoms with Crippen molar-refractivity contribution in [3.63, 3.8) is 0 Å². The lowest BCUT2D eigenvalue weighted by Gasteiger charge is -2.22. The summed E-state index contributed by atoms with van der Waals surface area (Å²) < 4.78 is 30.2. The topological polar surface area (TPSA) is 78.0 Å². The minimum atomic E-state index is -0.774. The Morgan fingerprint density at radius 3 is 2.83 bits per heavy atom. The number of nitrogen functional groups attached to an aromatic ring is 1. The molecule has 1 atom stereocenters. The van der Waals surface area contributed by atoms with E-state index in [1.165, 1.54) is 12.1 Å². The third-order valence-corrected chi connectivity index (χ3v) is 5.81. The molecular formula is C21H22Cl2FN5O. The third-order valence-electron chi connectivity index (χ3n) is 5.09. The summed E-state index contributed by atoms with van der Waals surface area (Å²) in [7, 11) is 0. The number of benzene rings is 1. The van der Waals surface area contributed by atoms with Crippen molar-refractivity contribution in [3.8, 4) is 16.9 Å². The first kappa shape index (κ1) is 19.6. The Labute approximate surface area is 185 Å². The number of anilines is 1. The van der Waals surface area contributed by atoms with Gasteiger partial charge in [-0.05, 0) is 51.1 Å². The maximum Gasteiger partial charge on any atom is 0.166 e. The monoisotopic (exact) mass is 450 g/mol. The molecule has 0 aliphatic carbocycles. The van der Waals surface area contributed by atoms with Crippen LogP contribution in [0.1, 0.15) is 38.8 Å². The largest absolute Gasteiger partial charge is 0.482 e. The fraction of sp³-hybridized carbons (Fsp3) is 0.333. The van der Waals surface area contributed by atoms with E-state index in [0.717, 1.165) is 24.2 Å². The van der Waals surface area contributed by atoms with Crippen molar-refractivity contribution in [1.82, 2.24) is 20.1 Å². The van der Waals surface area contributed by atoms with E-state index in [2.05, 4.69) is 15.4 Å². The number of hydrogen-bond donors (Lipinski definition) is 2. The molecule has 0 unspecified atom stereocenters. The molecule has 158 valence electrons. The predicted molar refractivity (Wildman–Crippen MR) is 116 cm³/mol. The van der Waals surface area contributed by atoms with Gasteiger partial charge in [-0.1, -0.05) is 23.2 Å². The molecule has 4 rings (SSSR count). The molecule has 3 N–H and O–H groups in total. The lowest BCUT2D eigenvalue weighted by atomic mass is 10.1. The minimum Gasteiger partial charge on any atom is -0.482 e. The fourth-order valence-corrected chi connectivity index (χ4v) is 4.14. The summed E-state index contributed by atoms with van der Waals surface area (Å²) >= 11 is 12.3. The van der Waals surface area contributed by atoms with Gasteiger partial charge in [0.1, 0.15) is 11.9 Å². The molecule has 30 heavy (non-hydrogen) atoms. The Balaban J connectivity index is 1.61. The molecule has 1 aromatic carbocycles. The minimum absolute atomic E-state index is 0.0910. The van der Waals surface area contributed by atoms with Gasteiger partial charge >= 0.3 is 0 Å². The lowest BCUT2D eigenvalue weighted by Crippen LogP contribution is -2.29. The van der Waals surface area contributed by atoms with E-state index in [-0.39, 0.29) is 10.8 Å². The highest BCUT2D eigenvalue weighted by Crippen LogP contribution is 2.37. The van der Waals surface area contributed by atoms with Crippen LogP contribution >= 0.6 is 23.2 Å². The Kier molecular flexibility index (Phi) is 5.75. The standard InChI is InChI=1S/C21H22Cl2FN5O/c1-12(19-16(22)2-3-17(24)20(19)23)30-18-8-13(9-27-21(18)25)14-10-28-29(11-14)15-4-6-26-7-5-15/h2-3,8-12,15,26H,4-7H2,1H3,(H2,25,27)/t12-/m1/s1/i15D. The molecule has 0 spiro atoms. The van der Waals surface area contributed by atoms with Crippen LogP contribution in [0.15, 0.2) is 36.8 Å². The highest BCUT2D eigenvalue weighted by atomic mass is 35.5. The van der Waals surface area contributed by atoms with Gasteiger partial charge in [0.15, 0.2) is 11.6 Å². The van der Waals surface area contributed by atoms with Gasteiger partial charge < -0.3 is 15.8 Å². The van der Waals surface area contributed by atoms with E-state index in [0.29, 0.717) is 29.2 Å². The number of nitrogens with one attached hydrogen (secondary N) is 1. The number of nitrogens with zero attached hydrogens (tertiary/aromatic N) is 3. The molecule has 3 heterocycles. The van der Waals surface area contributed by atoms with Crippen LogP contribution in [0.2, 0.25) is 10.0 Å². The van der Waals surface area contributed by atoms with Gasteiger partial charge in [0, 0.05) is 34.1 Å². The average Bonchev–Trinajstić information content (AvgIpc) is 3.24. The predicted octanol–water partition coefficient (Wildman–Crippen LogP) is 5.04. The van der Waals surface area contributed by atoms with Crippen LogP contribution in [-0.2, 0) is 0 Å². The molecule has 1 fully saturated rings. The van der Waals surface area contributed by atoms with Gasteiger partial charge in [-0.3, -0.25) is 4.68 Å². The van der Waals surface area contributed by atoms with Gasteiger partial charge in [-0.2, -0.15) is 5.10 Å². The van der Waals surface area contributed by atoms with Crippen molar-refractivity contribution in [2.45, 2.75) is 31.9 Å². The summed E-state index contributed by atoms with van der Waals surface area (Å²) in [5, 5.41) is 7.87. The number of ether oxygens (including phenoxy) is 1. The molecule has 0 amide bonds. The maximum atomic E-state index is 13.9. The second kappa shape index (κ2) is 8.79. The molecule has 9 heteroatoms. The quantitative estimate of drug-likeness (QED) is 0.532. The molecule has 2 aromatic heterocycles. The summed E-state index contributed by atoms with van der Waals surface area (Å²) in [5.74, 6) is -0.0791. The summed E-state index contributed by atoms with van der Waals surface area (Å²) in [4.78, 5) is 4.22. The third kappa shape index (κ3) is 4.24. The van der Waals surface area contributed by atoms with Crippen molar-refractivity contribution >= 4 is 29.0 Å². The van der Waals surface area contributed by atoms with Crippen LogP contribution < -0.4 is 15.8 Å². The van der Waals surface area contributed by atoms with E-state index < -0.39 is 17.9 Å². The maximum absolute atomic E-state index is 13.9. The fourth-order valence-electron chi connectivity index (χ4n) is 3.46. The number of pyridine rings is 1. The van der Waals surface area contributed by atoms with E-state index in [9.17, 15) is 4.39 Å². The normalized spacial score (nSPS) is 17.4. The number of rotatable bonds is 5. The number of hydrogen-bond acceptors (Lipinski definition) is 5. The van der Waals surface area contributed by atoms with Crippen molar-refractivity contribution in [2.75, 3.05) is 18.8 Å². The number of piperidine rings is 1. The van der Waals surface area contributed by atoms with Gasteiger partial charge in [0.05, 0.1) is 18.6 Å². The number of aromatic nitrogens is 3. The molecule has 1 saturated heterocycles. The highest BCUT2D eigenvalue weighted by Gasteiger charge is 2.21. The Hall–Kier alpha value is -2.35. The SMILES string of the molecule is [2H]C1(n2cc(-c3cnc(N)c(O[C@H](C)c4c(Cl)ccc(F)c4Cl)c3)cn2)CCNCC1. The number of nitrogens with two attached hydrogens (primary N) is 1. The van der Waals surface area contributed by atoms with Crippen LogP contribution in [0.25, 0.3) is 11.1 Å². The van der Waals surface area contributed by atoms with E-state index in [4.69, 9.17) is 35.0 Å². The molecule has 1 aliphatic heterocycles. The first-order valence-corrected chi connectivity index (χ1v) is 10.4. The highest BCUT2D eigenvalue weighted by molar-refractivity contribution is 6.36. The van der Waals surface area contributed by atoms with Crippen LogP contribution in [0.5, 0.6) is 5.75 Å². The van der Waals surface area contributed by atoms with E-state index in [1.54, 1.807) is 30.1 Å². The average molecular weight is 451 g/mol. The molecular weight excluding hydrogens is 428 g/mol. The second-order valence-electron chi connectivity index (χ2n) is 7.11.